The third-order valence-electron chi connectivity index (χ3n) is 7.18. The van der Waals surface area contributed by atoms with Crippen molar-refractivity contribution >= 4 is 55.1 Å². The molecule has 0 radical (unpaired) electrons. The lowest BCUT2D eigenvalue weighted by atomic mass is 10.0. The van der Waals surface area contributed by atoms with Gasteiger partial charge < -0.3 is 15.0 Å². The van der Waals surface area contributed by atoms with Crippen molar-refractivity contribution in [3.8, 4) is 5.75 Å². The first-order valence-corrected chi connectivity index (χ1v) is 17.6. The van der Waals surface area contributed by atoms with Crippen LogP contribution in [0.5, 0.6) is 5.75 Å². The van der Waals surface area contributed by atoms with Crippen molar-refractivity contribution in [2.24, 2.45) is 0 Å². The molecule has 0 saturated heterocycles. The van der Waals surface area contributed by atoms with Crippen LogP contribution in [0.3, 0.4) is 0 Å². The second-order valence-electron chi connectivity index (χ2n) is 10.5. The summed E-state index contributed by atoms with van der Waals surface area (Å²) in [5, 5.41) is 3.42. The van der Waals surface area contributed by atoms with E-state index in [1.165, 1.54) is 17.0 Å². The highest BCUT2D eigenvalue weighted by atomic mass is 79.9. The molecule has 0 aliphatic rings. The molecule has 8 nitrogen and oxygen atoms in total. The van der Waals surface area contributed by atoms with Crippen molar-refractivity contribution in [1.29, 1.82) is 0 Å². The standard InChI is InChI=1S/C35H37BrClN3O5S/c1-3-21-38-35(42)33(23-26-9-6-5-7-10-26)39(24-27-11-8-12-29(37)22-27)34(41)25-40(30-15-17-31(18-16-30)45-4-2)46(43,44)32-19-13-28(36)14-20-32/h5-20,22,33H,3-4,21,23-25H2,1-2H3,(H,38,42). The molecular formula is C35H37BrClN3O5S. The fourth-order valence-corrected chi connectivity index (χ4v) is 6.78. The van der Waals surface area contributed by atoms with Gasteiger partial charge >= 0.3 is 0 Å². The number of halogens is 2. The maximum atomic E-state index is 14.5. The molecule has 0 bridgehead atoms. The van der Waals surface area contributed by atoms with Crippen molar-refractivity contribution in [3.63, 3.8) is 0 Å². The van der Waals surface area contributed by atoms with Gasteiger partial charge in [0.2, 0.25) is 11.8 Å². The van der Waals surface area contributed by atoms with E-state index in [9.17, 15) is 18.0 Å². The Morgan fingerprint density at radius 3 is 2.20 bits per heavy atom. The Bertz CT molecular complexity index is 1700. The van der Waals surface area contributed by atoms with Crippen LogP contribution in [-0.2, 0) is 32.6 Å². The van der Waals surface area contributed by atoms with Gasteiger partial charge in [0.1, 0.15) is 18.3 Å². The predicted octanol–water partition coefficient (Wildman–Crippen LogP) is 6.86. The lowest BCUT2D eigenvalue weighted by molar-refractivity contribution is -0.140. The Morgan fingerprint density at radius 2 is 1.57 bits per heavy atom. The highest BCUT2D eigenvalue weighted by Gasteiger charge is 2.34. The van der Waals surface area contributed by atoms with Gasteiger partial charge in [-0.3, -0.25) is 13.9 Å². The second kappa shape index (κ2) is 16.6. The van der Waals surface area contributed by atoms with Crippen LogP contribution in [0, 0.1) is 0 Å². The maximum absolute atomic E-state index is 14.5. The van der Waals surface area contributed by atoms with Crippen molar-refractivity contribution in [2.75, 3.05) is 24.0 Å². The summed E-state index contributed by atoms with van der Waals surface area (Å²) < 4.78 is 35.7. The molecule has 1 unspecified atom stereocenters. The first-order chi connectivity index (χ1) is 22.1. The summed E-state index contributed by atoms with van der Waals surface area (Å²) in [6.45, 7) is 4.15. The van der Waals surface area contributed by atoms with Crippen LogP contribution >= 0.6 is 27.5 Å². The minimum atomic E-state index is -4.22. The van der Waals surface area contributed by atoms with Gasteiger partial charge in [-0.2, -0.15) is 0 Å². The van der Waals surface area contributed by atoms with E-state index >= 15 is 0 Å². The number of carbonyl (C=O) groups excluding carboxylic acids is 2. The molecule has 1 atom stereocenters. The minimum absolute atomic E-state index is 0.0142. The number of nitrogens with zero attached hydrogens (tertiary/aromatic N) is 2. The Labute approximate surface area is 284 Å². The van der Waals surface area contributed by atoms with Crippen LogP contribution in [0.1, 0.15) is 31.4 Å². The van der Waals surface area contributed by atoms with E-state index in [-0.39, 0.29) is 29.5 Å². The molecule has 0 spiro atoms. The van der Waals surface area contributed by atoms with Crippen molar-refractivity contribution < 1.29 is 22.7 Å². The molecule has 4 aromatic rings. The highest BCUT2D eigenvalue weighted by Crippen LogP contribution is 2.28. The van der Waals surface area contributed by atoms with Gasteiger partial charge in [-0.25, -0.2) is 8.42 Å². The zero-order valence-electron chi connectivity index (χ0n) is 25.7. The van der Waals surface area contributed by atoms with Gasteiger partial charge in [0.25, 0.3) is 10.0 Å². The monoisotopic (exact) mass is 725 g/mol. The average molecular weight is 727 g/mol. The van der Waals surface area contributed by atoms with Crippen LogP contribution in [0.25, 0.3) is 0 Å². The number of amides is 2. The van der Waals surface area contributed by atoms with Crippen molar-refractivity contribution in [1.82, 2.24) is 10.2 Å². The Balaban J connectivity index is 1.79. The van der Waals surface area contributed by atoms with Crippen LogP contribution in [0.15, 0.2) is 112 Å². The lowest BCUT2D eigenvalue weighted by Gasteiger charge is -2.34. The topological polar surface area (TPSA) is 96.0 Å². The molecule has 0 aliphatic carbocycles. The molecule has 0 saturated carbocycles. The first kappa shape index (κ1) is 35.0. The van der Waals surface area contributed by atoms with E-state index in [2.05, 4.69) is 21.2 Å². The summed E-state index contributed by atoms with van der Waals surface area (Å²) >= 11 is 9.66. The Hall–Kier alpha value is -3.86. The first-order valence-electron chi connectivity index (χ1n) is 15.0. The number of rotatable bonds is 15. The summed E-state index contributed by atoms with van der Waals surface area (Å²) in [5.41, 5.74) is 1.83. The number of carbonyl (C=O) groups is 2. The molecule has 1 N–H and O–H groups in total. The van der Waals surface area contributed by atoms with E-state index in [1.54, 1.807) is 54.6 Å². The SMILES string of the molecule is CCCNC(=O)C(Cc1ccccc1)N(Cc1cccc(Cl)c1)C(=O)CN(c1ccc(OCC)cc1)S(=O)(=O)c1ccc(Br)cc1. The predicted molar refractivity (Wildman–Crippen MR) is 186 cm³/mol. The third kappa shape index (κ3) is 9.34. The fraction of sp³-hybridized carbons (Fsp3) is 0.257. The van der Waals surface area contributed by atoms with Crippen molar-refractivity contribution in [2.45, 2.75) is 44.2 Å². The number of sulfonamides is 1. The lowest BCUT2D eigenvalue weighted by Crippen LogP contribution is -2.53. The number of nitrogens with one attached hydrogen (secondary N) is 1. The summed E-state index contributed by atoms with van der Waals surface area (Å²) in [7, 11) is -4.22. The van der Waals surface area contributed by atoms with E-state index in [0.29, 0.717) is 40.4 Å². The normalized spacial score (nSPS) is 11.8. The zero-order valence-corrected chi connectivity index (χ0v) is 28.9. The van der Waals surface area contributed by atoms with Gasteiger partial charge in [-0.05, 0) is 85.1 Å². The molecule has 2 amide bonds. The number of anilines is 1. The molecule has 46 heavy (non-hydrogen) atoms. The Kier molecular flexibility index (Phi) is 12.7. The number of benzene rings is 4. The van der Waals surface area contributed by atoms with Crippen LogP contribution in [-0.4, -0.2) is 50.9 Å². The number of hydrogen-bond acceptors (Lipinski definition) is 5. The zero-order chi connectivity index (χ0) is 33.1. The third-order valence-corrected chi connectivity index (χ3v) is 9.73. The fourth-order valence-electron chi connectivity index (χ4n) is 4.89. The average Bonchev–Trinajstić information content (AvgIpc) is 3.05. The Morgan fingerprint density at radius 1 is 0.891 bits per heavy atom. The molecule has 11 heteroatoms. The summed E-state index contributed by atoms with van der Waals surface area (Å²) in [6.07, 6.45) is 0.939. The van der Waals surface area contributed by atoms with Crippen LogP contribution in [0.4, 0.5) is 5.69 Å². The maximum Gasteiger partial charge on any atom is 0.264 e. The van der Waals surface area contributed by atoms with Gasteiger partial charge in [-0.15, -0.1) is 0 Å². The van der Waals surface area contributed by atoms with Gasteiger partial charge in [-0.1, -0.05) is 76.9 Å². The molecule has 4 rings (SSSR count). The molecular weight excluding hydrogens is 690 g/mol. The van der Waals surface area contributed by atoms with E-state index in [4.69, 9.17) is 16.3 Å². The second-order valence-corrected chi connectivity index (χ2v) is 13.8. The summed E-state index contributed by atoms with van der Waals surface area (Å²) in [4.78, 5) is 29.7. The van der Waals surface area contributed by atoms with E-state index in [1.807, 2.05) is 50.2 Å². The van der Waals surface area contributed by atoms with Gasteiger partial charge in [0.05, 0.1) is 17.2 Å². The molecule has 242 valence electrons. The molecule has 0 aliphatic heterocycles. The number of hydrogen-bond donors (Lipinski definition) is 1. The van der Waals surface area contributed by atoms with Crippen molar-refractivity contribution in [3.05, 3.63) is 124 Å². The van der Waals surface area contributed by atoms with Crippen LogP contribution < -0.4 is 14.4 Å². The summed E-state index contributed by atoms with van der Waals surface area (Å²) in [5.74, 6) is -0.316. The summed E-state index contributed by atoms with van der Waals surface area (Å²) in [6, 6.07) is 28.3. The molecule has 0 heterocycles. The highest BCUT2D eigenvalue weighted by molar-refractivity contribution is 9.10. The van der Waals surface area contributed by atoms with E-state index < -0.39 is 28.5 Å². The number of ether oxygens (including phenoxy) is 1. The molecule has 0 fully saturated rings. The molecule has 0 aromatic heterocycles. The van der Waals surface area contributed by atoms with Crippen LogP contribution in [0.2, 0.25) is 5.02 Å². The van der Waals surface area contributed by atoms with Gasteiger partial charge in [0, 0.05) is 29.0 Å². The smallest absolute Gasteiger partial charge is 0.264 e. The van der Waals surface area contributed by atoms with E-state index in [0.717, 1.165) is 9.87 Å². The minimum Gasteiger partial charge on any atom is -0.494 e. The molecule has 4 aromatic carbocycles. The largest absolute Gasteiger partial charge is 0.494 e. The van der Waals surface area contributed by atoms with Gasteiger partial charge in [0.15, 0.2) is 0 Å². The quantitative estimate of drug-likeness (QED) is 0.145.